The molecule has 0 spiro atoms. The zero-order valence-electron chi connectivity index (χ0n) is 10.0. The van der Waals surface area contributed by atoms with Gasteiger partial charge in [0.2, 0.25) is 0 Å². The van der Waals surface area contributed by atoms with E-state index in [1.165, 1.54) is 17.7 Å². The van der Waals surface area contributed by atoms with Crippen LogP contribution in [0.4, 0.5) is 0 Å². The third kappa shape index (κ3) is 5.92. The fourth-order valence-corrected chi connectivity index (χ4v) is 2.96. The van der Waals surface area contributed by atoms with E-state index in [0.29, 0.717) is 6.04 Å². The van der Waals surface area contributed by atoms with Gasteiger partial charge in [0.05, 0.1) is 0 Å². The normalized spacial score (nSPS) is 12.7. The van der Waals surface area contributed by atoms with Gasteiger partial charge in [-0.1, -0.05) is 35.3 Å². The summed E-state index contributed by atoms with van der Waals surface area (Å²) in [6.07, 6.45) is 2.52. The van der Waals surface area contributed by atoms with Crippen molar-refractivity contribution in [2.45, 2.75) is 37.6 Å². The molecule has 3 heteroatoms. The predicted octanol–water partition coefficient (Wildman–Crippen LogP) is 4.32. The van der Waals surface area contributed by atoms with Gasteiger partial charge in [0.1, 0.15) is 0 Å². The molecule has 0 radical (unpaired) electrons. The molecule has 0 saturated heterocycles. The molecule has 1 aromatic rings. The molecule has 1 N–H and O–H groups in total. The van der Waals surface area contributed by atoms with Crippen molar-refractivity contribution in [3.63, 3.8) is 0 Å². The molecular weight excluding hydrogens is 282 g/mol. The van der Waals surface area contributed by atoms with E-state index in [1.54, 1.807) is 0 Å². The van der Waals surface area contributed by atoms with Gasteiger partial charge in [-0.3, -0.25) is 0 Å². The Morgan fingerprint density at radius 3 is 2.94 bits per heavy atom. The topological polar surface area (TPSA) is 12.0 Å². The molecule has 90 valence electrons. The van der Waals surface area contributed by atoms with E-state index in [0.717, 1.165) is 16.8 Å². The highest BCUT2D eigenvalue weighted by molar-refractivity contribution is 9.10. The molecule has 1 unspecified atom stereocenters. The number of benzene rings is 1. The van der Waals surface area contributed by atoms with Gasteiger partial charge in [-0.05, 0) is 31.5 Å². The maximum atomic E-state index is 3.54. The quantitative estimate of drug-likeness (QED) is 0.594. The van der Waals surface area contributed by atoms with Crippen LogP contribution in [0.2, 0.25) is 0 Å². The standard InChI is InChI=1S/C13H20BrNS/c1-3-5-11(2)15-8-9-16-13-7-4-6-12(14)10-13/h4,6-7,10-11,15H,3,5,8-9H2,1-2H3. The third-order valence-electron chi connectivity index (χ3n) is 2.38. The molecule has 0 aliphatic carbocycles. The Morgan fingerprint density at radius 1 is 1.44 bits per heavy atom. The van der Waals surface area contributed by atoms with Crippen LogP contribution in [0.1, 0.15) is 26.7 Å². The van der Waals surface area contributed by atoms with E-state index in [4.69, 9.17) is 0 Å². The molecule has 0 aliphatic rings. The SMILES string of the molecule is CCCC(C)NCCSc1cccc(Br)c1. The van der Waals surface area contributed by atoms with Gasteiger partial charge in [0, 0.05) is 27.7 Å². The molecule has 0 aromatic heterocycles. The highest BCUT2D eigenvalue weighted by Crippen LogP contribution is 2.21. The molecule has 0 amide bonds. The summed E-state index contributed by atoms with van der Waals surface area (Å²) in [4.78, 5) is 1.33. The van der Waals surface area contributed by atoms with Crippen molar-refractivity contribution in [2.24, 2.45) is 0 Å². The van der Waals surface area contributed by atoms with Gasteiger partial charge < -0.3 is 5.32 Å². The van der Waals surface area contributed by atoms with Gasteiger partial charge in [0.15, 0.2) is 0 Å². The number of hydrogen-bond donors (Lipinski definition) is 1. The summed E-state index contributed by atoms with van der Waals surface area (Å²) in [6, 6.07) is 9.11. The molecule has 0 fully saturated rings. The molecule has 1 atom stereocenters. The van der Waals surface area contributed by atoms with Gasteiger partial charge in [0.25, 0.3) is 0 Å². The minimum atomic E-state index is 0.646. The molecule has 1 aromatic carbocycles. The number of hydrogen-bond acceptors (Lipinski definition) is 2. The minimum absolute atomic E-state index is 0.646. The monoisotopic (exact) mass is 301 g/mol. The number of nitrogens with one attached hydrogen (secondary N) is 1. The van der Waals surface area contributed by atoms with Crippen LogP contribution in [0.15, 0.2) is 33.6 Å². The van der Waals surface area contributed by atoms with Gasteiger partial charge in [-0.25, -0.2) is 0 Å². The predicted molar refractivity (Wildman–Crippen MR) is 77.2 cm³/mol. The molecule has 0 aliphatic heterocycles. The summed E-state index contributed by atoms with van der Waals surface area (Å²) in [6.45, 7) is 5.57. The summed E-state index contributed by atoms with van der Waals surface area (Å²) < 4.78 is 1.16. The Morgan fingerprint density at radius 2 is 2.25 bits per heavy atom. The number of rotatable bonds is 7. The zero-order valence-corrected chi connectivity index (χ0v) is 12.4. The lowest BCUT2D eigenvalue weighted by atomic mass is 10.2. The molecule has 0 saturated carbocycles. The first-order chi connectivity index (χ1) is 7.72. The van der Waals surface area contributed by atoms with Crippen LogP contribution in [-0.2, 0) is 0 Å². The van der Waals surface area contributed by atoms with Gasteiger partial charge >= 0.3 is 0 Å². The number of halogens is 1. The van der Waals surface area contributed by atoms with Crippen LogP contribution >= 0.6 is 27.7 Å². The van der Waals surface area contributed by atoms with E-state index in [9.17, 15) is 0 Å². The first-order valence-electron chi connectivity index (χ1n) is 5.84. The van der Waals surface area contributed by atoms with Crippen molar-refractivity contribution in [3.05, 3.63) is 28.7 Å². The molecule has 1 rings (SSSR count). The van der Waals surface area contributed by atoms with Gasteiger partial charge in [-0.2, -0.15) is 0 Å². The highest BCUT2D eigenvalue weighted by Gasteiger charge is 1.99. The van der Waals surface area contributed by atoms with Crippen LogP contribution in [-0.4, -0.2) is 18.3 Å². The molecule has 16 heavy (non-hydrogen) atoms. The van der Waals surface area contributed by atoms with Crippen LogP contribution in [0.5, 0.6) is 0 Å². The maximum absolute atomic E-state index is 3.54. The second-order valence-corrected chi connectivity index (χ2v) is 6.03. The van der Waals surface area contributed by atoms with E-state index in [2.05, 4.69) is 59.4 Å². The van der Waals surface area contributed by atoms with Crippen molar-refractivity contribution in [1.29, 1.82) is 0 Å². The Kier molecular flexibility index (Phi) is 7.17. The lowest BCUT2D eigenvalue weighted by molar-refractivity contribution is 0.526. The molecular formula is C13H20BrNS. The first-order valence-corrected chi connectivity index (χ1v) is 7.62. The van der Waals surface area contributed by atoms with Crippen LogP contribution < -0.4 is 5.32 Å². The largest absolute Gasteiger partial charge is 0.313 e. The van der Waals surface area contributed by atoms with E-state index in [-0.39, 0.29) is 0 Å². The summed E-state index contributed by atoms with van der Waals surface area (Å²) in [5, 5.41) is 3.54. The fraction of sp³-hybridized carbons (Fsp3) is 0.538. The van der Waals surface area contributed by atoms with E-state index in [1.807, 2.05) is 11.8 Å². The second kappa shape index (κ2) is 8.15. The summed E-state index contributed by atoms with van der Waals surface area (Å²) in [7, 11) is 0. The van der Waals surface area contributed by atoms with Crippen molar-refractivity contribution in [3.8, 4) is 0 Å². The second-order valence-electron chi connectivity index (χ2n) is 3.95. The smallest absolute Gasteiger partial charge is 0.0186 e. The third-order valence-corrected chi connectivity index (χ3v) is 3.87. The Labute approximate surface area is 112 Å². The Bertz CT molecular complexity index is 304. The first kappa shape index (κ1) is 14.1. The fourth-order valence-electron chi connectivity index (χ4n) is 1.57. The minimum Gasteiger partial charge on any atom is -0.313 e. The average Bonchev–Trinajstić information content (AvgIpc) is 2.25. The lowest BCUT2D eigenvalue weighted by Crippen LogP contribution is -2.27. The van der Waals surface area contributed by atoms with Crippen molar-refractivity contribution < 1.29 is 0 Å². The lowest BCUT2D eigenvalue weighted by Gasteiger charge is -2.12. The van der Waals surface area contributed by atoms with E-state index < -0.39 is 0 Å². The van der Waals surface area contributed by atoms with Gasteiger partial charge in [-0.15, -0.1) is 11.8 Å². The molecule has 1 nitrogen and oxygen atoms in total. The Hall–Kier alpha value is 0.01000. The zero-order chi connectivity index (χ0) is 11.8. The average molecular weight is 302 g/mol. The molecule has 0 heterocycles. The van der Waals surface area contributed by atoms with E-state index >= 15 is 0 Å². The maximum Gasteiger partial charge on any atom is 0.0186 e. The summed E-state index contributed by atoms with van der Waals surface area (Å²) in [5.74, 6) is 1.13. The molecule has 0 bridgehead atoms. The van der Waals surface area contributed by atoms with Crippen LogP contribution in [0.25, 0.3) is 0 Å². The highest BCUT2D eigenvalue weighted by atomic mass is 79.9. The van der Waals surface area contributed by atoms with Crippen molar-refractivity contribution in [2.75, 3.05) is 12.3 Å². The Balaban J connectivity index is 2.16. The van der Waals surface area contributed by atoms with Crippen molar-refractivity contribution in [1.82, 2.24) is 5.32 Å². The van der Waals surface area contributed by atoms with Crippen LogP contribution in [0, 0.1) is 0 Å². The summed E-state index contributed by atoms with van der Waals surface area (Å²) in [5.41, 5.74) is 0. The summed E-state index contributed by atoms with van der Waals surface area (Å²) >= 11 is 5.39. The number of thioether (sulfide) groups is 1. The van der Waals surface area contributed by atoms with Crippen LogP contribution in [0.3, 0.4) is 0 Å². The van der Waals surface area contributed by atoms with Crippen molar-refractivity contribution >= 4 is 27.7 Å².